The van der Waals surface area contributed by atoms with Gasteiger partial charge in [-0.15, -0.1) is 0 Å². The Morgan fingerprint density at radius 1 is 0.971 bits per heavy atom. The van der Waals surface area contributed by atoms with Crippen molar-refractivity contribution in [1.29, 1.82) is 0 Å². The van der Waals surface area contributed by atoms with Crippen LogP contribution in [0.15, 0.2) is 65.6 Å². The van der Waals surface area contributed by atoms with Crippen molar-refractivity contribution in [3.63, 3.8) is 0 Å². The maximum Gasteiger partial charge on any atom is 0.259 e. The molecule has 7 nitrogen and oxygen atoms in total. The number of nitrogens with one attached hydrogen (secondary N) is 1. The molecular weight excluding hydrogens is 450 g/mol. The molecule has 0 spiro atoms. The van der Waals surface area contributed by atoms with E-state index < -0.39 is 15.6 Å². The Balaban J connectivity index is 1.67. The number of hydrogen-bond donors (Lipinski definition) is 1. The average Bonchev–Trinajstić information content (AvgIpc) is 3.08. The van der Waals surface area contributed by atoms with Crippen LogP contribution in [-0.2, 0) is 19.6 Å². The predicted octanol–water partition coefficient (Wildman–Crippen LogP) is 3.89. The summed E-state index contributed by atoms with van der Waals surface area (Å²) in [6.45, 7) is 0. The van der Waals surface area contributed by atoms with Crippen LogP contribution in [0.3, 0.4) is 0 Å². The van der Waals surface area contributed by atoms with Crippen LogP contribution in [0.1, 0.15) is 44.1 Å². The molecule has 2 aromatic carbocycles. The molecule has 2 aromatic rings. The number of carbonyl (C=O) groups excluding carboxylic acids is 2. The molecule has 180 valence electrons. The quantitative estimate of drug-likeness (QED) is 0.607. The smallest absolute Gasteiger partial charge is 0.259 e. The van der Waals surface area contributed by atoms with Crippen LogP contribution in [-0.4, -0.2) is 55.1 Å². The Morgan fingerprint density at radius 2 is 1.62 bits per heavy atom. The standard InChI is InChI=1S/C26H31N3O4S/c1-28(2)34(32,33)23-15-13-21(14-16-23)27-26(18-17-20-9-5-3-6-10-20)19-24(30)29(25(26)31)22-11-7-4-8-12-22/h3,5-6,9-10,13-18,22,27H,4,7-8,11-12,19H2,1-2H3/b18-17+/t26-/m1/s1. The molecule has 0 radical (unpaired) electrons. The number of sulfonamides is 1. The van der Waals surface area contributed by atoms with E-state index in [2.05, 4.69) is 5.32 Å². The van der Waals surface area contributed by atoms with Crippen molar-refractivity contribution >= 4 is 33.6 Å². The predicted molar refractivity (Wildman–Crippen MR) is 132 cm³/mol. The second kappa shape index (κ2) is 9.72. The molecule has 0 aromatic heterocycles. The number of amides is 2. The van der Waals surface area contributed by atoms with Crippen LogP contribution >= 0.6 is 0 Å². The monoisotopic (exact) mass is 481 g/mol. The van der Waals surface area contributed by atoms with Crippen molar-refractivity contribution in [2.75, 3.05) is 19.4 Å². The van der Waals surface area contributed by atoms with Gasteiger partial charge in [-0.05, 0) is 48.7 Å². The fourth-order valence-corrected chi connectivity index (χ4v) is 5.59. The molecule has 4 rings (SSSR count). The number of hydrogen-bond acceptors (Lipinski definition) is 5. The molecule has 2 fully saturated rings. The third kappa shape index (κ3) is 4.79. The summed E-state index contributed by atoms with van der Waals surface area (Å²) in [7, 11) is -0.604. The lowest BCUT2D eigenvalue weighted by molar-refractivity contribution is -0.142. The molecule has 1 N–H and O–H groups in total. The van der Waals surface area contributed by atoms with Crippen LogP contribution in [0.4, 0.5) is 5.69 Å². The summed E-state index contributed by atoms with van der Waals surface area (Å²) in [5.74, 6) is -0.421. The largest absolute Gasteiger partial charge is 0.368 e. The van der Waals surface area contributed by atoms with Crippen molar-refractivity contribution in [3.8, 4) is 0 Å². The molecule has 34 heavy (non-hydrogen) atoms. The number of benzene rings is 2. The van der Waals surface area contributed by atoms with E-state index in [0.29, 0.717) is 5.69 Å². The highest BCUT2D eigenvalue weighted by Crippen LogP contribution is 2.35. The van der Waals surface area contributed by atoms with Gasteiger partial charge in [0.2, 0.25) is 15.9 Å². The molecule has 2 amide bonds. The summed E-state index contributed by atoms with van der Waals surface area (Å²) in [6.07, 6.45) is 8.49. The minimum absolute atomic E-state index is 0.0173. The molecular formula is C26H31N3O4S. The second-order valence-corrected chi connectivity index (χ2v) is 11.3. The van der Waals surface area contributed by atoms with Crippen LogP contribution in [0, 0.1) is 0 Å². The van der Waals surface area contributed by atoms with Crippen molar-refractivity contribution in [2.45, 2.75) is 55.0 Å². The summed E-state index contributed by atoms with van der Waals surface area (Å²) in [5, 5.41) is 3.27. The first-order chi connectivity index (χ1) is 16.2. The third-order valence-electron chi connectivity index (χ3n) is 6.60. The van der Waals surface area contributed by atoms with E-state index in [0.717, 1.165) is 42.0 Å². The van der Waals surface area contributed by atoms with E-state index in [1.54, 1.807) is 18.2 Å². The van der Waals surface area contributed by atoms with E-state index in [1.807, 2.05) is 36.4 Å². The first kappa shape index (κ1) is 24.2. The summed E-state index contributed by atoms with van der Waals surface area (Å²) < 4.78 is 26.0. The van der Waals surface area contributed by atoms with Gasteiger partial charge in [-0.25, -0.2) is 12.7 Å². The minimum Gasteiger partial charge on any atom is -0.368 e. The van der Waals surface area contributed by atoms with E-state index in [9.17, 15) is 18.0 Å². The summed E-state index contributed by atoms with van der Waals surface area (Å²) in [4.78, 5) is 28.5. The fraction of sp³-hybridized carbons (Fsp3) is 0.385. The summed E-state index contributed by atoms with van der Waals surface area (Å²) >= 11 is 0. The topological polar surface area (TPSA) is 86.8 Å². The first-order valence-corrected chi connectivity index (χ1v) is 13.1. The number of imide groups is 1. The summed E-state index contributed by atoms with van der Waals surface area (Å²) in [5.41, 5.74) is 0.265. The number of carbonyl (C=O) groups is 2. The van der Waals surface area contributed by atoms with Crippen LogP contribution in [0.25, 0.3) is 6.08 Å². The van der Waals surface area contributed by atoms with Gasteiger partial charge in [0, 0.05) is 25.8 Å². The molecule has 1 aliphatic carbocycles. The molecule has 0 unspecified atom stereocenters. The molecule has 0 bridgehead atoms. The second-order valence-electron chi connectivity index (χ2n) is 9.19. The van der Waals surface area contributed by atoms with Gasteiger partial charge in [0.15, 0.2) is 0 Å². The highest BCUT2D eigenvalue weighted by atomic mass is 32.2. The maximum atomic E-state index is 13.8. The van der Waals surface area contributed by atoms with Crippen LogP contribution in [0.2, 0.25) is 0 Å². The van der Waals surface area contributed by atoms with Crippen molar-refractivity contribution < 1.29 is 18.0 Å². The lowest BCUT2D eigenvalue weighted by atomic mass is 9.93. The van der Waals surface area contributed by atoms with Gasteiger partial charge in [-0.3, -0.25) is 14.5 Å². The molecule has 1 atom stereocenters. The molecule has 2 aliphatic rings. The SMILES string of the molecule is CN(C)S(=O)(=O)c1ccc(N[C@]2(/C=C/c3ccccc3)CC(=O)N(C3CCCCC3)C2=O)cc1. The molecule has 8 heteroatoms. The number of likely N-dealkylation sites (tertiary alicyclic amines) is 1. The van der Waals surface area contributed by atoms with Crippen LogP contribution in [0.5, 0.6) is 0 Å². The lowest BCUT2D eigenvalue weighted by Gasteiger charge is -2.32. The van der Waals surface area contributed by atoms with Gasteiger partial charge in [0.25, 0.3) is 5.91 Å². The van der Waals surface area contributed by atoms with E-state index in [-0.39, 0.29) is 29.2 Å². The van der Waals surface area contributed by atoms with E-state index in [4.69, 9.17) is 0 Å². The molecule has 1 saturated heterocycles. The Kier molecular flexibility index (Phi) is 6.91. The minimum atomic E-state index is -3.56. The third-order valence-corrected chi connectivity index (χ3v) is 8.43. The highest BCUT2D eigenvalue weighted by molar-refractivity contribution is 7.89. The maximum absolute atomic E-state index is 13.8. The van der Waals surface area contributed by atoms with Crippen molar-refractivity contribution in [1.82, 2.24) is 9.21 Å². The zero-order valence-corrected chi connectivity index (χ0v) is 20.4. The Labute approximate surface area is 201 Å². The Morgan fingerprint density at radius 3 is 2.24 bits per heavy atom. The van der Waals surface area contributed by atoms with Gasteiger partial charge in [-0.2, -0.15) is 0 Å². The van der Waals surface area contributed by atoms with Crippen molar-refractivity contribution in [2.24, 2.45) is 0 Å². The first-order valence-electron chi connectivity index (χ1n) is 11.6. The fourth-order valence-electron chi connectivity index (χ4n) is 4.69. The van der Waals surface area contributed by atoms with E-state index >= 15 is 0 Å². The van der Waals surface area contributed by atoms with Gasteiger partial charge >= 0.3 is 0 Å². The average molecular weight is 482 g/mol. The van der Waals surface area contributed by atoms with Gasteiger partial charge in [0.05, 0.1) is 11.3 Å². The zero-order chi connectivity index (χ0) is 24.3. The molecule has 1 saturated carbocycles. The van der Waals surface area contributed by atoms with Gasteiger partial charge in [-0.1, -0.05) is 55.7 Å². The number of nitrogens with zero attached hydrogens (tertiary/aromatic N) is 2. The molecule has 1 heterocycles. The summed E-state index contributed by atoms with van der Waals surface area (Å²) in [6, 6.07) is 15.8. The highest BCUT2D eigenvalue weighted by Gasteiger charge is 2.52. The van der Waals surface area contributed by atoms with Gasteiger partial charge < -0.3 is 5.32 Å². The zero-order valence-electron chi connectivity index (χ0n) is 19.6. The van der Waals surface area contributed by atoms with Crippen molar-refractivity contribution in [3.05, 3.63) is 66.2 Å². The van der Waals surface area contributed by atoms with Crippen LogP contribution < -0.4 is 5.32 Å². The Bertz CT molecular complexity index is 1170. The lowest BCUT2D eigenvalue weighted by Crippen LogP contribution is -2.48. The van der Waals surface area contributed by atoms with E-state index in [1.165, 1.54) is 31.1 Å². The molecule has 1 aliphatic heterocycles. The number of rotatable bonds is 7. The Hall–Kier alpha value is -2.97. The van der Waals surface area contributed by atoms with Gasteiger partial charge in [0.1, 0.15) is 5.54 Å². The normalized spacial score (nSPS) is 22.1. The number of anilines is 1.